The van der Waals surface area contributed by atoms with E-state index in [-0.39, 0.29) is 5.82 Å². The second-order valence-electron chi connectivity index (χ2n) is 2.80. The van der Waals surface area contributed by atoms with Gasteiger partial charge in [0.25, 0.3) is 0 Å². The van der Waals surface area contributed by atoms with Crippen LogP contribution in [0, 0.1) is 5.82 Å². The Labute approximate surface area is 82.7 Å². The van der Waals surface area contributed by atoms with Crippen molar-refractivity contribution in [3.8, 4) is 0 Å². The Morgan fingerprint density at radius 2 is 2.00 bits per heavy atom. The van der Waals surface area contributed by atoms with E-state index in [0.717, 1.165) is 11.3 Å². The van der Waals surface area contributed by atoms with Crippen LogP contribution in [0.1, 0.15) is 12.5 Å². The van der Waals surface area contributed by atoms with E-state index in [0.29, 0.717) is 0 Å². The minimum atomic E-state index is -0.244. The molecule has 0 aliphatic rings. The first-order chi connectivity index (χ1) is 6.72. The first-order valence-corrected chi connectivity index (χ1v) is 4.21. The topological polar surface area (TPSA) is 21.6 Å². The van der Waals surface area contributed by atoms with Crippen molar-refractivity contribution >= 4 is 6.21 Å². The summed E-state index contributed by atoms with van der Waals surface area (Å²) in [5.41, 5.74) is 1.62. The monoisotopic (exact) mass is 193 g/mol. The molecule has 0 spiro atoms. The van der Waals surface area contributed by atoms with Gasteiger partial charge in [-0.1, -0.05) is 12.1 Å². The summed E-state index contributed by atoms with van der Waals surface area (Å²) in [6.45, 7) is 1.82. The summed E-state index contributed by atoms with van der Waals surface area (Å²) < 4.78 is 17.3. The van der Waals surface area contributed by atoms with Gasteiger partial charge in [0, 0.05) is 6.21 Å². The standard InChI is InChI=1S/C11H12FNO/c1-9(8-14-2)13-7-10-3-5-11(12)6-4-10/h3-8H,1-2H3/b9-8-,13-7?. The maximum absolute atomic E-state index is 12.5. The van der Waals surface area contributed by atoms with Crippen LogP contribution in [0.4, 0.5) is 4.39 Å². The third kappa shape index (κ3) is 3.39. The van der Waals surface area contributed by atoms with Crippen LogP contribution in [0.5, 0.6) is 0 Å². The van der Waals surface area contributed by atoms with E-state index in [9.17, 15) is 4.39 Å². The Balaban J connectivity index is 2.69. The fourth-order valence-corrected chi connectivity index (χ4v) is 0.926. The number of nitrogens with zero attached hydrogens (tertiary/aromatic N) is 1. The molecule has 0 atom stereocenters. The molecule has 14 heavy (non-hydrogen) atoms. The molecule has 0 amide bonds. The predicted octanol–water partition coefficient (Wildman–Crippen LogP) is 2.75. The molecule has 0 heterocycles. The highest BCUT2D eigenvalue weighted by Gasteiger charge is 1.89. The SMILES string of the molecule is CO/C=C(/C)N=Cc1ccc(F)cc1. The first kappa shape index (κ1) is 10.4. The Morgan fingerprint density at radius 1 is 1.36 bits per heavy atom. The second kappa shape index (κ2) is 5.17. The zero-order valence-electron chi connectivity index (χ0n) is 8.20. The van der Waals surface area contributed by atoms with Crippen molar-refractivity contribution in [2.24, 2.45) is 4.99 Å². The van der Waals surface area contributed by atoms with E-state index in [1.54, 1.807) is 31.7 Å². The van der Waals surface area contributed by atoms with Crippen LogP contribution in [-0.4, -0.2) is 13.3 Å². The van der Waals surface area contributed by atoms with Crippen LogP contribution >= 0.6 is 0 Å². The van der Waals surface area contributed by atoms with E-state index < -0.39 is 0 Å². The van der Waals surface area contributed by atoms with Gasteiger partial charge in [0.05, 0.1) is 12.8 Å². The molecule has 3 heteroatoms. The second-order valence-corrected chi connectivity index (χ2v) is 2.80. The van der Waals surface area contributed by atoms with Crippen LogP contribution in [0.15, 0.2) is 41.2 Å². The van der Waals surface area contributed by atoms with Crippen LogP contribution in [-0.2, 0) is 4.74 Å². The van der Waals surface area contributed by atoms with Crippen LogP contribution in [0.3, 0.4) is 0 Å². The van der Waals surface area contributed by atoms with E-state index >= 15 is 0 Å². The molecular formula is C11H12FNO. The zero-order valence-corrected chi connectivity index (χ0v) is 8.20. The van der Waals surface area contributed by atoms with Gasteiger partial charge in [-0.25, -0.2) is 4.39 Å². The molecule has 0 saturated heterocycles. The molecule has 0 aliphatic carbocycles. The quantitative estimate of drug-likeness (QED) is 0.534. The summed E-state index contributed by atoms with van der Waals surface area (Å²) in [6.07, 6.45) is 3.20. The number of rotatable bonds is 3. The highest BCUT2D eigenvalue weighted by atomic mass is 19.1. The van der Waals surface area contributed by atoms with Crippen LogP contribution < -0.4 is 0 Å². The summed E-state index contributed by atoms with van der Waals surface area (Å²) in [5, 5.41) is 0. The predicted molar refractivity (Wildman–Crippen MR) is 54.8 cm³/mol. The van der Waals surface area contributed by atoms with Gasteiger partial charge in [0.15, 0.2) is 0 Å². The highest BCUT2D eigenvalue weighted by Crippen LogP contribution is 2.01. The van der Waals surface area contributed by atoms with E-state index in [1.165, 1.54) is 12.1 Å². The van der Waals surface area contributed by atoms with Crippen LogP contribution in [0.25, 0.3) is 0 Å². The van der Waals surface area contributed by atoms with Gasteiger partial charge in [0.1, 0.15) is 12.1 Å². The third-order valence-electron chi connectivity index (χ3n) is 1.58. The molecule has 0 unspecified atom stereocenters. The Kier molecular flexibility index (Phi) is 3.85. The number of ether oxygens (including phenoxy) is 1. The molecular weight excluding hydrogens is 181 g/mol. The largest absolute Gasteiger partial charge is 0.502 e. The number of aliphatic imine (C=N–C) groups is 1. The van der Waals surface area contributed by atoms with Crippen LogP contribution in [0.2, 0.25) is 0 Å². The lowest BCUT2D eigenvalue weighted by Gasteiger charge is -1.93. The first-order valence-electron chi connectivity index (χ1n) is 4.21. The van der Waals surface area contributed by atoms with E-state index in [2.05, 4.69) is 4.99 Å². The molecule has 0 bridgehead atoms. The van der Waals surface area contributed by atoms with Crippen molar-refractivity contribution in [2.45, 2.75) is 6.92 Å². The lowest BCUT2D eigenvalue weighted by atomic mass is 10.2. The summed E-state index contributed by atoms with van der Waals surface area (Å²) in [6, 6.07) is 6.13. The van der Waals surface area contributed by atoms with Crippen molar-refractivity contribution in [2.75, 3.05) is 7.11 Å². The Morgan fingerprint density at radius 3 is 2.57 bits per heavy atom. The molecule has 74 valence electrons. The molecule has 1 aromatic rings. The van der Waals surface area contributed by atoms with Crippen molar-refractivity contribution in [1.82, 2.24) is 0 Å². The molecule has 0 N–H and O–H groups in total. The molecule has 0 saturated carbocycles. The van der Waals surface area contributed by atoms with E-state index in [1.807, 2.05) is 6.92 Å². The number of methoxy groups -OCH3 is 1. The van der Waals surface area contributed by atoms with Gasteiger partial charge in [-0.2, -0.15) is 0 Å². The third-order valence-corrected chi connectivity index (χ3v) is 1.58. The van der Waals surface area contributed by atoms with Crippen molar-refractivity contribution in [3.63, 3.8) is 0 Å². The maximum atomic E-state index is 12.5. The molecule has 0 fully saturated rings. The number of halogens is 1. The molecule has 2 nitrogen and oxygen atoms in total. The number of hydrogen-bond acceptors (Lipinski definition) is 2. The number of benzene rings is 1. The fraction of sp³-hybridized carbons (Fsp3) is 0.182. The smallest absolute Gasteiger partial charge is 0.123 e. The minimum absolute atomic E-state index is 0.244. The molecule has 0 radical (unpaired) electrons. The fourth-order valence-electron chi connectivity index (χ4n) is 0.926. The summed E-state index contributed by atoms with van der Waals surface area (Å²) in [5.74, 6) is -0.244. The van der Waals surface area contributed by atoms with Gasteiger partial charge >= 0.3 is 0 Å². The molecule has 1 rings (SSSR count). The Hall–Kier alpha value is -1.64. The normalized spacial score (nSPS) is 12.1. The summed E-state index contributed by atoms with van der Waals surface area (Å²) in [7, 11) is 1.57. The molecule has 0 aromatic heterocycles. The number of allylic oxidation sites excluding steroid dienone is 1. The molecule has 0 aliphatic heterocycles. The average Bonchev–Trinajstić information content (AvgIpc) is 2.17. The maximum Gasteiger partial charge on any atom is 0.123 e. The van der Waals surface area contributed by atoms with Crippen molar-refractivity contribution in [1.29, 1.82) is 0 Å². The van der Waals surface area contributed by atoms with Gasteiger partial charge in [-0.15, -0.1) is 0 Å². The zero-order chi connectivity index (χ0) is 10.4. The summed E-state index contributed by atoms with van der Waals surface area (Å²) in [4.78, 5) is 4.10. The van der Waals surface area contributed by atoms with Gasteiger partial charge in [-0.3, -0.25) is 4.99 Å². The minimum Gasteiger partial charge on any atom is -0.502 e. The van der Waals surface area contributed by atoms with Gasteiger partial charge < -0.3 is 4.74 Å². The highest BCUT2D eigenvalue weighted by molar-refractivity contribution is 5.80. The lowest BCUT2D eigenvalue weighted by molar-refractivity contribution is 0.333. The van der Waals surface area contributed by atoms with Gasteiger partial charge in [0.2, 0.25) is 0 Å². The number of hydrogen-bond donors (Lipinski definition) is 0. The van der Waals surface area contributed by atoms with E-state index in [4.69, 9.17) is 4.74 Å². The van der Waals surface area contributed by atoms with Crippen molar-refractivity contribution in [3.05, 3.63) is 47.6 Å². The van der Waals surface area contributed by atoms with Crippen molar-refractivity contribution < 1.29 is 9.13 Å². The Bertz CT molecular complexity index is 341. The summed E-state index contributed by atoms with van der Waals surface area (Å²) >= 11 is 0. The molecule has 1 aromatic carbocycles. The van der Waals surface area contributed by atoms with Gasteiger partial charge in [-0.05, 0) is 24.6 Å². The lowest BCUT2D eigenvalue weighted by Crippen LogP contribution is -1.82. The average molecular weight is 193 g/mol.